The Balaban J connectivity index is 1.63. The first-order chi connectivity index (χ1) is 9.72. The standard InChI is InChI=1S/C15H17N3OS/c1-10-4-2-3-5-13(10)20-9-14-17-15(19-18-14)11-6-7-12(16)8-11/h2-7,11-12H,8-9,16H2,1H3. The Labute approximate surface area is 122 Å². The molecule has 1 aromatic carbocycles. The molecule has 4 nitrogen and oxygen atoms in total. The van der Waals surface area contributed by atoms with Gasteiger partial charge in [-0.25, -0.2) is 0 Å². The van der Waals surface area contributed by atoms with Crippen molar-refractivity contribution >= 4 is 11.8 Å². The zero-order chi connectivity index (χ0) is 13.9. The molecule has 1 aliphatic rings. The molecule has 1 heterocycles. The van der Waals surface area contributed by atoms with Crippen molar-refractivity contribution in [2.24, 2.45) is 5.73 Å². The number of nitrogens with two attached hydrogens (primary N) is 1. The summed E-state index contributed by atoms with van der Waals surface area (Å²) in [6.07, 6.45) is 4.90. The molecule has 2 unspecified atom stereocenters. The molecule has 0 aliphatic heterocycles. The zero-order valence-corrected chi connectivity index (χ0v) is 12.1. The topological polar surface area (TPSA) is 64.9 Å². The van der Waals surface area contributed by atoms with Crippen LogP contribution < -0.4 is 5.73 Å². The number of aryl methyl sites for hydroxylation is 1. The maximum absolute atomic E-state index is 5.84. The number of aromatic nitrogens is 2. The summed E-state index contributed by atoms with van der Waals surface area (Å²) in [5.74, 6) is 2.31. The third-order valence-corrected chi connectivity index (χ3v) is 4.54. The van der Waals surface area contributed by atoms with Crippen molar-refractivity contribution in [2.45, 2.75) is 36.0 Å². The highest BCUT2D eigenvalue weighted by Gasteiger charge is 2.22. The Morgan fingerprint density at radius 2 is 2.20 bits per heavy atom. The first-order valence-corrected chi connectivity index (χ1v) is 7.66. The van der Waals surface area contributed by atoms with Gasteiger partial charge in [-0.15, -0.1) is 11.8 Å². The highest BCUT2D eigenvalue weighted by Crippen LogP contribution is 2.28. The van der Waals surface area contributed by atoms with Gasteiger partial charge in [-0.3, -0.25) is 0 Å². The summed E-state index contributed by atoms with van der Waals surface area (Å²) in [6, 6.07) is 8.41. The van der Waals surface area contributed by atoms with E-state index in [-0.39, 0.29) is 12.0 Å². The van der Waals surface area contributed by atoms with E-state index in [1.54, 1.807) is 11.8 Å². The van der Waals surface area contributed by atoms with Crippen molar-refractivity contribution in [3.05, 3.63) is 53.7 Å². The van der Waals surface area contributed by atoms with Crippen molar-refractivity contribution in [3.63, 3.8) is 0 Å². The van der Waals surface area contributed by atoms with Crippen LogP contribution in [0.5, 0.6) is 0 Å². The van der Waals surface area contributed by atoms with Gasteiger partial charge in [-0.05, 0) is 25.0 Å². The zero-order valence-electron chi connectivity index (χ0n) is 11.3. The number of hydrogen-bond acceptors (Lipinski definition) is 5. The molecular formula is C15H17N3OS. The summed E-state index contributed by atoms with van der Waals surface area (Å²) in [5.41, 5.74) is 7.11. The van der Waals surface area contributed by atoms with Crippen molar-refractivity contribution in [1.29, 1.82) is 0 Å². The average molecular weight is 287 g/mol. The third-order valence-electron chi connectivity index (χ3n) is 3.37. The third kappa shape index (κ3) is 2.94. The van der Waals surface area contributed by atoms with Crippen LogP contribution in [0.15, 0.2) is 45.8 Å². The van der Waals surface area contributed by atoms with E-state index >= 15 is 0 Å². The Morgan fingerprint density at radius 3 is 2.95 bits per heavy atom. The van der Waals surface area contributed by atoms with Gasteiger partial charge in [-0.1, -0.05) is 35.5 Å². The minimum Gasteiger partial charge on any atom is -0.339 e. The van der Waals surface area contributed by atoms with Gasteiger partial charge in [-0.2, -0.15) is 4.98 Å². The first-order valence-electron chi connectivity index (χ1n) is 6.67. The number of hydrogen-bond donors (Lipinski definition) is 1. The Hall–Kier alpha value is -1.59. The lowest BCUT2D eigenvalue weighted by Gasteiger charge is -2.02. The SMILES string of the molecule is Cc1ccccc1SCc1noc(C2C=CC(N)C2)n1. The van der Waals surface area contributed by atoms with Crippen molar-refractivity contribution in [3.8, 4) is 0 Å². The summed E-state index contributed by atoms with van der Waals surface area (Å²) in [6.45, 7) is 2.11. The van der Waals surface area contributed by atoms with Crippen LogP contribution >= 0.6 is 11.8 Å². The second-order valence-corrected chi connectivity index (χ2v) is 6.01. The number of benzene rings is 1. The summed E-state index contributed by atoms with van der Waals surface area (Å²) in [4.78, 5) is 5.72. The van der Waals surface area contributed by atoms with Gasteiger partial charge in [0.05, 0.1) is 11.7 Å². The highest BCUT2D eigenvalue weighted by molar-refractivity contribution is 7.98. The van der Waals surface area contributed by atoms with E-state index in [9.17, 15) is 0 Å². The number of thioether (sulfide) groups is 1. The van der Waals surface area contributed by atoms with Gasteiger partial charge in [0.1, 0.15) is 0 Å². The van der Waals surface area contributed by atoms with E-state index < -0.39 is 0 Å². The van der Waals surface area contributed by atoms with Crippen LogP contribution in [0.1, 0.15) is 29.6 Å². The molecule has 2 N–H and O–H groups in total. The quantitative estimate of drug-likeness (QED) is 0.691. The summed E-state index contributed by atoms with van der Waals surface area (Å²) in [5, 5.41) is 4.05. The molecule has 0 fully saturated rings. The van der Waals surface area contributed by atoms with E-state index in [1.807, 2.05) is 18.2 Å². The van der Waals surface area contributed by atoms with Gasteiger partial charge < -0.3 is 10.3 Å². The Kier molecular flexibility index (Phi) is 3.89. The molecule has 20 heavy (non-hydrogen) atoms. The van der Waals surface area contributed by atoms with Crippen molar-refractivity contribution in [2.75, 3.05) is 0 Å². The second-order valence-electron chi connectivity index (χ2n) is 4.99. The molecule has 0 saturated carbocycles. The summed E-state index contributed by atoms with van der Waals surface area (Å²) >= 11 is 1.73. The number of rotatable bonds is 4. The molecule has 0 bridgehead atoms. The van der Waals surface area contributed by atoms with E-state index in [0.717, 1.165) is 18.0 Å². The van der Waals surface area contributed by atoms with Gasteiger partial charge in [0.2, 0.25) is 5.89 Å². The molecule has 104 valence electrons. The fourth-order valence-electron chi connectivity index (χ4n) is 2.25. The highest BCUT2D eigenvalue weighted by atomic mass is 32.2. The molecule has 0 radical (unpaired) electrons. The van der Waals surface area contributed by atoms with E-state index in [2.05, 4.69) is 35.3 Å². The van der Waals surface area contributed by atoms with Crippen LogP contribution in [0.3, 0.4) is 0 Å². The van der Waals surface area contributed by atoms with Gasteiger partial charge in [0.15, 0.2) is 5.82 Å². The molecule has 5 heteroatoms. The van der Waals surface area contributed by atoms with Crippen LogP contribution in [0.2, 0.25) is 0 Å². The molecule has 3 rings (SSSR count). The molecular weight excluding hydrogens is 270 g/mol. The largest absolute Gasteiger partial charge is 0.339 e. The van der Waals surface area contributed by atoms with Crippen LogP contribution in [0.4, 0.5) is 0 Å². The van der Waals surface area contributed by atoms with E-state index in [4.69, 9.17) is 10.3 Å². The molecule has 0 amide bonds. The molecule has 0 saturated heterocycles. The van der Waals surface area contributed by atoms with Gasteiger partial charge in [0.25, 0.3) is 0 Å². The Bertz CT molecular complexity index is 623. The molecule has 2 atom stereocenters. The van der Waals surface area contributed by atoms with E-state index in [1.165, 1.54) is 10.5 Å². The van der Waals surface area contributed by atoms with Crippen molar-refractivity contribution < 1.29 is 4.52 Å². The average Bonchev–Trinajstić information content (AvgIpc) is 3.06. The maximum atomic E-state index is 5.84. The first kappa shape index (κ1) is 13.4. The molecule has 1 aromatic heterocycles. The van der Waals surface area contributed by atoms with Gasteiger partial charge >= 0.3 is 0 Å². The fraction of sp³-hybridized carbons (Fsp3) is 0.333. The predicted molar refractivity (Wildman–Crippen MR) is 79.5 cm³/mol. The minimum atomic E-state index is 0.108. The number of nitrogens with zero attached hydrogens (tertiary/aromatic N) is 2. The lowest BCUT2D eigenvalue weighted by molar-refractivity contribution is 0.361. The van der Waals surface area contributed by atoms with Crippen LogP contribution in [0.25, 0.3) is 0 Å². The summed E-state index contributed by atoms with van der Waals surface area (Å²) in [7, 11) is 0. The Morgan fingerprint density at radius 1 is 1.35 bits per heavy atom. The number of allylic oxidation sites excluding steroid dienone is 1. The lowest BCUT2D eigenvalue weighted by Crippen LogP contribution is -2.14. The van der Waals surface area contributed by atoms with Crippen molar-refractivity contribution in [1.82, 2.24) is 10.1 Å². The van der Waals surface area contributed by atoms with Crippen LogP contribution in [-0.4, -0.2) is 16.2 Å². The molecule has 0 spiro atoms. The predicted octanol–water partition coefficient (Wildman–Crippen LogP) is 3.04. The smallest absolute Gasteiger partial charge is 0.233 e. The maximum Gasteiger partial charge on any atom is 0.233 e. The fourth-order valence-corrected chi connectivity index (χ4v) is 3.12. The summed E-state index contributed by atoms with van der Waals surface area (Å²) < 4.78 is 5.33. The monoisotopic (exact) mass is 287 g/mol. The minimum absolute atomic E-state index is 0.108. The molecule has 2 aromatic rings. The van der Waals surface area contributed by atoms with Crippen LogP contribution in [-0.2, 0) is 5.75 Å². The second kappa shape index (κ2) is 5.81. The van der Waals surface area contributed by atoms with Gasteiger partial charge in [0, 0.05) is 10.9 Å². The molecule has 1 aliphatic carbocycles. The van der Waals surface area contributed by atoms with E-state index in [0.29, 0.717) is 5.89 Å². The lowest BCUT2D eigenvalue weighted by atomic mass is 10.1. The normalized spacial score (nSPS) is 21.5. The van der Waals surface area contributed by atoms with Crippen LogP contribution in [0, 0.1) is 6.92 Å².